The molecule has 1 aliphatic heterocycles. The van der Waals surface area contributed by atoms with Crippen LogP contribution < -0.4 is 5.32 Å². The number of nitrogens with zero attached hydrogens (tertiary/aromatic N) is 1. The lowest BCUT2D eigenvalue weighted by molar-refractivity contribution is -0.0553. The van der Waals surface area contributed by atoms with Crippen molar-refractivity contribution < 1.29 is 14.3 Å². The average Bonchev–Trinajstić information content (AvgIpc) is 2.68. The smallest absolute Gasteiger partial charge is 0.351 e. The van der Waals surface area contributed by atoms with Crippen molar-refractivity contribution >= 4 is 34.0 Å². The summed E-state index contributed by atoms with van der Waals surface area (Å²) >= 11 is 7.14. The van der Waals surface area contributed by atoms with E-state index in [0.717, 1.165) is 12.8 Å². The summed E-state index contributed by atoms with van der Waals surface area (Å²) in [6.45, 7) is 4.85. The Bertz CT molecular complexity index is 476. The van der Waals surface area contributed by atoms with E-state index in [1.165, 1.54) is 18.4 Å². The van der Waals surface area contributed by atoms with Gasteiger partial charge in [-0.3, -0.25) is 0 Å². The molecule has 0 spiro atoms. The molecule has 2 rings (SSSR count). The molecule has 0 amide bonds. The van der Waals surface area contributed by atoms with Crippen LogP contribution in [0.1, 0.15) is 36.4 Å². The van der Waals surface area contributed by atoms with Gasteiger partial charge in [0.15, 0.2) is 15.2 Å². The molecule has 0 aromatic carbocycles. The molecule has 1 atom stereocenters. The van der Waals surface area contributed by atoms with Gasteiger partial charge < -0.3 is 14.8 Å². The topological polar surface area (TPSA) is 60.5 Å². The fourth-order valence-electron chi connectivity index (χ4n) is 2.11. The number of aromatic nitrogens is 1. The van der Waals surface area contributed by atoms with Crippen LogP contribution in [0.2, 0.25) is 5.15 Å². The molecule has 1 saturated heterocycles. The summed E-state index contributed by atoms with van der Waals surface area (Å²) < 4.78 is 10.3. The van der Waals surface area contributed by atoms with Crippen molar-refractivity contribution in [3.63, 3.8) is 0 Å². The maximum atomic E-state index is 11.5. The number of nitrogens with one attached hydrogen (secondary N) is 1. The third-order valence-electron chi connectivity index (χ3n) is 2.98. The molecule has 7 heteroatoms. The van der Waals surface area contributed by atoms with Gasteiger partial charge in [0.1, 0.15) is 0 Å². The third-order valence-corrected chi connectivity index (χ3v) is 4.33. The van der Waals surface area contributed by atoms with Gasteiger partial charge in [-0.25, -0.2) is 9.78 Å². The Hall–Kier alpha value is -0.850. The molecule has 0 saturated carbocycles. The van der Waals surface area contributed by atoms with E-state index in [0.29, 0.717) is 16.6 Å². The number of anilines is 1. The average molecular weight is 305 g/mol. The minimum absolute atomic E-state index is 0.137. The van der Waals surface area contributed by atoms with Gasteiger partial charge in [0.25, 0.3) is 0 Å². The van der Waals surface area contributed by atoms with Crippen molar-refractivity contribution in [2.75, 3.05) is 19.0 Å². The zero-order valence-corrected chi connectivity index (χ0v) is 12.7. The van der Waals surface area contributed by atoms with E-state index in [4.69, 9.17) is 16.3 Å². The Morgan fingerprint density at radius 3 is 3.00 bits per heavy atom. The van der Waals surface area contributed by atoms with Crippen LogP contribution in [0.5, 0.6) is 0 Å². The van der Waals surface area contributed by atoms with Crippen molar-refractivity contribution in [1.29, 1.82) is 0 Å². The van der Waals surface area contributed by atoms with Crippen LogP contribution in [0.15, 0.2) is 0 Å². The first-order chi connectivity index (χ1) is 8.91. The summed E-state index contributed by atoms with van der Waals surface area (Å²) in [5.41, 5.74) is -0.137. The minimum atomic E-state index is -0.456. The highest BCUT2D eigenvalue weighted by Crippen LogP contribution is 2.31. The first kappa shape index (κ1) is 14.6. The van der Waals surface area contributed by atoms with Crippen molar-refractivity contribution in [1.82, 2.24) is 4.98 Å². The SMILES string of the molecule is COC(=O)c1sc(NC2CCOC(C)(C)C2)nc1Cl. The lowest BCUT2D eigenvalue weighted by Gasteiger charge is -2.35. The monoisotopic (exact) mass is 304 g/mol. The first-order valence-corrected chi connectivity index (χ1v) is 7.26. The predicted octanol–water partition coefficient (Wildman–Crippen LogP) is 2.95. The van der Waals surface area contributed by atoms with Gasteiger partial charge in [-0.2, -0.15) is 0 Å². The molecule has 5 nitrogen and oxygen atoms in total. The highest BCUT2D eigenvalue weighted by atomic mass is 35.5. The van der Waals surface area contributed by atoms with Crippen LogP contribution in [0, 0.1) is 0 Å². The van der Waals surface area contributed by atoms with Crippen LogP contribution in [0.3, 0.4) is 0 Å². The van der Waals surface area contributed by atoms with Crippen LogP contribution >= 0.6 is 22.9 Å². The maximum absolute atomic E-state index is 11.5. The number of ether oxygens (including phenoxy) is 2. The van der Waals surface area contributed by atoms with Crippen LogP contribution in [0.25, 0.3) is 0 Å². The number of rotatable bonds is 3. The fourth-order valence-corrected chi connectivity index (χ4v) is 3.29. The first-order valence-electron chi connectivity index (χ1n) is 6.06. The Morgan fingerprint density at radius 1 is 1.63 bits per heavy atom. The van der Waals surface area contributed by atoms with E-state index in [1.54, 1.807) is 0 Å². The second-order valence-electron chi connectivity index (χ2n) is 5.07. The quantitative estimate of drug-likeness (QED) is 0.870. The van der Waals surface area contributed by atoms with Gasteiger partial charge in [-0.05, 0) is 26.7 Å². The van der Waals surface area contributed by atoms with Crippen molar-refractivity contribution in [3.05, 3.63) is 10.0 Å². The van der Waals surface area contributed by atoms with Gasteiger partial charge in [-0.1, -0.05) is 22.9 Å². The summed E-state index contributed by atoms with van der Waals surface area (Å²) in [7, 11) is 1.33. The summed E-state index contributed by atoms with van der Waals surface area (Å²) in [6.07, 6.45) is 1.80. The van der Waals surface area contributed by atoms with Crippen molar-refractivity contribution in [3.8, 4) is 0 Å². The number of carbonyl (C=O) groups is 1. The van der Waals surface area contributed by atoms with Crippen molar-refractivity contribution in [2.24, 2.45) is 0 Å². The zero-order valence-electron chi connectivity index (χ0n) is 11.2. The zero-order chi connectivity index (χ0) is 14.0. The van der Waals surface area contributed by atoms with E-state index in [9.17, 15) is 4.79 Å². The lowest BCUT2D eigenvalue weighted by atomic mass is 9.94. The molecule has 1 fully saturated rings. The number of halogens is 1. The molecule has 0 radical (unpaired) electrons. The Kier molecular flexibility index (Phi) is 4.32. The molecule has 1 aliphatic rings. The van der Waals surface area contributed by atoms with E-state index in [-0.39, 0.29) is 16.8 Å². The van der Waals surface area contributed by atoms with Gasteiger partial charge in [-0.15, -0.1) is 0 Å². The molecule has 2 heterocycles. The molecule has 1 aromatic heterocycles. The molecule has 0 bridgehead atoms. The Labute approximate surface area is 121 Å². The van der Waals surface area contributed by atoms with Gasteiger partial charge in [0.05, 0.1) is 12.7 Å². The summed E-state index contributed by atoms with van der Waals surface area (Å²) in [5.74, 6) is -0.456. The van der Waals surface area contributed by atoms with E-state index < -0.39 is 5.97 Å². The summed E-state index contributed by atoms with van der Waals surface area (Å²) in [5, 5.41) is 4.14. The highest BCUT2D eigenvalue weighted by molar-refractivity contribution is 7.18. The van der Waals surface area contributed by atoms with Gasteiger partial charge >= 0.3 is 5.97 Å². The fraction of sp³-hybridized carbons (Fsp3) is 0.667. The molecular weight excluding hydrogens is 288 g/mol. The molecule has 1 N–H and O–H groups in total. The standard InChI is InChI=1S/C12H17ClN2O3S/c1-12(2)6-7(4-5-18-12)14-11-15-9(13)8(19-11)10(16)17-3/h7H,4-6H2,1-3H3,(H,14,15). The molecule has 1 aromatic rings. The predicted molar refractivity (Wildman–Crippen MR) is 75.1 cm³/mol. The number of carbonyl (C=O) groups excluding carboxylic acids is 1. The molecule has 1 unspecified atom stereocenters. The summed E-state index contributed by atoms with van der Waals surface area (Å²) in [6, 6.07) is 0.275. The molecule has 19 heavy (non-hydrogen) atoms. The summed E-state index contributed by atoms with van der Waals surface area (Å²) in [4.78, 5) is 15.9. The van der Waals surface area contributed by atoms with Crippen LogP contribution in [-0.4, -0.2) is 36.3 Å². The van der Waals surface area contributed by atoms with Crippen LogP contribution in [0.4, 0.5) is 5.13 Å². The van der Waals surface area contributed by atoms with Gasteiger partial charge in [0.2, 0.25) is 0 Å². The molecule has 106 valence electrons. The Balaban J connectivity index is 2.05. The number of hydrogen-bond donors (Lipinski definition) is 1. The number of esters is 1. The number of thiazole rings is 1. The largest absolute Gasteiger partial charge is 0.465 e. The van der Waals surface area contributed by atoms with Gasteiger partial charge in [0, 0.05) is 12.6 Å². The normalized spacial score (nSPS) is 22.0. The second-order valence-corrected chi connectivity index (χ2v) is 6.43. The van der Waals surface area contributed by atoms with Crippen LogP contribution in [-0.2, 0) is 9.47 Å². The lowest BCUT2D eigenvalue weighted by Crippen LogP contribution is -2.40. The molecular formula is C12H17ClN2O3S. The van der Waals surface area contributed by atoms with E-state index >= 15 is 0 Å². The van der Waals surface area contributed by atoms with Crippen molar-refractivity contribution in [2.45, 2.75) is 38.3 Å². The van der Waals surface area contributed by atoms with E-state index in [1.807, 2.05) is 0 Å². The van der Waals surface area contributed by atoms with E-state index in [2.05, 4.69) is 28.9 Å². The number of hydrogen-bond acceptors (Lipinski definition) is 6. The minimum Gasteiger partial charge on any atom is -0.465 e. The highest BCUT2D eigenvalue weighted by Gasteiger charge is 2.29. The maximum Gasteiger partial charge on any atom is 0.351 e. The molecule has 0 aliphatic carbocycles. The second kappa shape index (κ2) is 5.64. The third kappa shape index (κ3) is 3.58. The Morgan fingerprint density at radius 2 is 2.37 bits per heavy atom. The number of methoxy groups -OCH3 is 1.